The first-order chi connectivity index (χ1) is 15.2. The van der Waals surface area contributed by atoms with E-state index in [1.165, 1.54) is 0 Å². The number of para-hydroxylation sites is 2. The Labute approximate surface area is 183 Å². The maximum atomic E-state index is 12.3. The third kappa shape index (κ3) is 4.88. The molecular weight excluding hydrogens is 390 g/mol. The molecule has 1 aliphatic heterocycles. The molecule has 0 saturated carbocycles. The van der Waals surface area contributed by atoms with Crippen LogP contribution >= 0.6 is 0 Å². The van der Waals surface area contributed by atoms with Gasteiger partial charge in [0.25, 0.3) is 0 Å². The molecule has 1 atom stereocenters. The van der Waals surface area contributed by atoms with Crippen LogP contribution in [0.25, 0.3) is 11.0 Å². The molecular formula is C24H31N5O2. The van der Waals surface area contributed by atoms with E-state index in [9.17, 15) is 4.79 Å². The molecule has 164 valence electrons. The van der Waals surface area contributed by atoms with E-state index in [0.717, 1.165) is 55.0 Å². The Morgan fingerprint density at radius 2 is 1.94 bits per heavy atom. The number of rotatable bonds is 8. The summed E-state index contributed by atoms with van der Waals surface area (Å²) in [7, 11) is 0. The summed E-state index contributed by atoms with van der Waals surface area (Å²) in [5.74, 6) is 0.774. The Bertz CT molecular complexity index is 996. The van der Waals surface area contributed by atoms with Gasteiger partial charge < -0.3 is 14.6 Å². The first-order valence-corrected chi connectivity index (χ1v) is 11.2. The fourth-order valence-corrected chi connectivity index (χ4v) is 4.35. The van der Waals surface area contributed by atoms with Gasteiger partial charge in [-0.3, -0.25) is 14.7 Å². The average Bonchev–Trinajstić information content (AvgIpc) is 3.13. The van der Waals surface area contributed by atoms with Crippen LogP contribution < -0.4 is 5.32 Å². The molecule has 0 amide bonds. The van der Waals surface area contributed by atoms with Crippen LogP contribution in [-0.2, 0) is 16.1 Å². The Morgan fingerprint density at radius 1 is 1.16 bits per heavy atom. The van der Waals surface area contributed by atoms with Gasteiger partial charge in [-0.1, -0.05) is 25.1 Å². The van der Waals surface area contributed by atoms with Gasteiger partial charge in [0.15, 0.2) is 0 Å². The lowest BCUT2D eigenvalue weighted by atomic mass is 10.0. The molecule has 1 N–H and O–H groups in total. The summed E-state index contributed by atoms with van der Waals surface area (Å²) in [6.07, 6.45) is 4.52. The van der Waals surface area contributed by atoms with E-state index in [4.69, 9.17) is 9.72 Å². The lowest BCUT2D eigenvalue weighted by Crippen LogP contribution is -2.48. The molecule has 0 radical (unpaired) electrons. The number of likely N-dealkylation sites (tertiary alicyclic amines) is 1. The van der Waals surface area contributed by atoms with Crippen molar-refractivity contribution < 1.29 is 9.53 Å². The van der Waals surface area contributed by atoms with Gasteiger partial charge >= 0.3 is 5.97 Å². The van der Waals surface area contributed by atoms with Crippen molar-refractivity contribution in [1.82, 2.24) is 19.4 Å². The number of aromatic nitrogens is 3. The zero-order chi connectivity index (χ0) is 21.6. The number of imidazole rings is 1. The van der Waals surface area contributed by atoms with Gasteiger partial charge in [-0.15, -0.1) is 0 Å². The fraction of sp³-hybridized carbons (Fsp3) is 0.458. The summed E-state index contributed by atoms with van der Waals surface area (Å²) in [6, 6.07) is 14.4. The standard InChI is InChI=1S/C24H31N5O2/c1-3-21(23(30)31-4-2)28-15-12-18(13-16-28)26-24-27-20-10-5-6-11-22(20)29(24)17-19-9-7-8-14-25-19/h5-11,14,18,21H,3-4,12-13,15-17H2,1-2H3,(H,26,27). The molecule has 2 aromatic heterocycles. The van der Waals surface area contributed by atoms with Crippen molar-refractivity contribution in [2.75, 3.05) is 25.0 Å². The lowest BCUT2D eigenvalue weighted by molar-refractivity contribution is -0.150. The molecule has 1 unspecified atom stereocenters. The van der Waals surface area contributed by atoms with Crippen molar-refractivity contribution in [2.24, 2.45) is 0 Å². The molecule has 1 aliphatic rings. The fourth-order valence-electron chi connectivity index (χ4n) is 4.35. The second-order valence-corrected chi connectivity index (χ2v) is 7.96. The largest absolute Gasteiger partial charge is 0.465 e. The molecule has 0 bridgehead atoms. The maximum Gasteiger partial charge on any atom is 0.323 e. The van der Waals surface area contributed by atoms with Gasteiger partial charge in [-0.2, -0.15) is 0 Å². The number of carbonyl (C=O) groups excluding carboxylic acids is 1. The van der Waals surface area contributed by atoms with Crippen molar-refractivity contribution in [3.63, 3.8) is 0 Å². The van der Waals surface area contributed by atoms with Crippen molar-refractivity contribution in [1.29, 1.82) is 0 Å². The van der Waals surface area contributed by atoms with Gasteiger partial charge in [0, 0.05) is 25.3 Å². The number of fused-ring (bicyclic) bond motifs is 1. The van der Waals surface area contributed by atoms with Crippen LogP contribution in [0.5, 0.6) is 0 Å². The number of benzene rings is 1. The first-order valence-electron chi connectivity index (χ1n) is 11.2. The van der Waals surface area contributed by atoms with Crippen molar-refractivity contribution in [3.05, 3.63) is 54.4 Å². The summed E-state index contributed by atoms with van der Waals surface area (Å²) in [5.41, 5.74) is 3.08. The molecule has 7 heteroatoms. The summed E-state index contributed by atoms with van der Waals surface area (Å²) in [5, 5.41) is 3.67. The molecule has 3 heterocycles. The number of piperidine rings is 1. The van der Waals surface area contributed by atoms with Gasteiger partial charge in [0.1, 0.15) is 6.04 Å². The van der Waals surface area contributed by atoms with Crippen molar-refractivity contribution in [2.45, 2.75) is 51.7 Å². The van der Waals surface area contributed by atoms with E-state index in [0.29, 0.717) is 19.2 Å². The van der Waals surface area contributed by atoms with Crippen LogP contribution in [0.1, 0.15) is 38.8 Å². The molecule has 1 saturated heterocycles. The zero-order valence-electron chi connectivity index (χ0n) is 18.3. The molecule has 1 fully saturated rings. The van der Waals surface area contributed by atoms with Gasteiger partial charge in [-0.25, -0.2) is 4.98 Å². The Hall–Kier alpha value is -2.93. The van der Waals surface area contributed by atoms with Crippen LogP contribution in [-0.4, -0.2) is 57.2 Å². The van der Waals surface area contributed by atoms with Crippen LogP contribution in [0.2, 0.25) is 0 Å². The number of carbonyl (C=O) groups is 1. The van der Waals surface area contributed by atoms with E-state index in [1.54, 1.807) is 0 Å². The zero-order valence-corrected chi connectivity index (χ0v) is 18.3. The van der Waals surface area contributed by atoms with Crippen molar-refractivity contribution in [3.8, 4) is 0 Å². The summed E-state index contributed by atoms with van der Waals surface area (Å²) in [4.78, 5) is 23.9. The average molecular weight is 422 g/mol. The van der Waals surface area contributed by atoms with Crippen molar-refractivity contribution >= 4 is 23.0 Å². The van der Waals surface area contributed by atoms with Crippen LogP contribution in [0.4, 0.5) is 5.95 Å². The molecule has 7 nitrogen and oxygen atoms in total. The van der Waals surface area contributed by atoms with Gasteiger partial charge in [0.2, 0.25) is 5.95 Å². The molecule has 0 aliphatic carbocycles. The number of ether oxygens (including phenoxy) is 1. The normalized spacial score (nSPS) is 16.3. The highest BCUT2D eigenvalue weighted by molar-refractivity contribution is 5.79. The third-order valence-corrected chi connectivity index (χ3v) is 5.95. The minimum absolute atomic E-state index is 0.103. The minimum Gasteiger partial charge on any atom is -0.465 e. The Kier molecular flexibility index (Phi) is 6.82. The second kappa shape index (κ2) is 9.92. The van der Waals surface area contributed by atoms with Crippen LogP contribution in [0.3, 0.4) is 0 Å². The maximum absolute atomic E-state index is 12.3. The van der Waals surface area contributed by atoms with E-state index in [-0.39, 0.29) is 12.0 Å². The number of nitrogens with one attached hydrogen (secondary N) is 1. The number of esters is 1. The molecule has 31 heavy (non-hydrogen) atoms. The van der Waals surface area contributed by atoms with Crippen LogP contribution in [0.15, 0.2) is 48.7 Å². The highest BCUT2D eigenvalue weighted by Gasteiger charge is 2.30. The number of pyridine rings is 1. The van der Waals surface area contributed by atoms with E-state index in [2.05, 4.69) is 25.8 Å². The van der Waals surface area contributed by atoms with Gasteiger partial charge in [-0.05, 0) is 50.5 Å². The molecule has 4 rings (SSSR count). The number of anilines is 1. The first kappa shape index (κ1) is 21.3. The summed E-state index contributed by atoms with van der Waals surface area (Å²) in [6.45, 7) is 6.75. The highest BCUT2D eigenvalue weighted by atomic mass is 16.5. The second-order valence-electron chi connectivity index (χ2n) is 7.96. The van der Waals surface area contributed by atoms with Crippen LogP contribution in [0, 0.1) is 0 Å². The number of hydrogen-bond donors (Lipinski definition) is 1. The monoisotopic (exact) mass is 421 g/mol. The topological polar surface area (TPSA) is 72.3 Å². The Morgan fingerprint density at radius 3 is 2.65 bits per heavy atom. The molecule has 1 aromatic carbocycles. The smallest absolute Gasteiger partial charge is 0.323 e. The predicted molar refractivity (Wildman–Crippen MR) is 122 cm³/mol. The van der Waals surface area contributed by atoms with E-state index >= 15 is 0 Å². The summed E-state index contributed by atoms with van der Waals surface area (Å²) < 4.78 is 7.47. The Balaban J connectivity index is 1.47. The summed E-state index contributed by atoms with van der Waals surface area (Å²) >= 11 is 0. The third-order valence-electron chi connectivity index (χ3n) is 5.95. The lowest BCUT2D eigenvalue weighted by Gasteiger charge is -2.36. The highest BCUT2D eigenvalue weighted by Crippen LogP contribution is 2.24. The molecule has 0 spiro atoms. The van der Waals surface area contributed by atoms with E-state index in [1.807, 2.05) is 56.4 Å². The van der Waals surface area contributed by atoms with E-state index < -0.39 is 0 Å². The quantitative estimate of drug-likeness (QED) is 0.559. The molecule has 3 aromatic rings. The number of nitrogens with zero attached hydrogens (tertiary/aromatic N) is 4. The predicted octanol–water partition coefficient (Wildman–Crippen LogP) is 3.70. The van der Waals surface area contributed by atoms with Gasteiger partial charge in [0.05, 0.1) is 29.9 Å². The number of hydrogen-bond acceptors (Lipinski definition) is 6. The minimum atomic E-state index is -0.144. The SMILES string of the molecule is CCOC(=O)C(CC)N1CCC(Nc2nc3ccccc3n2Cc2ccccn2)CC1.